The van der Waals surface area contributed by atoms with Crippen LogP contribution in [0.25, 0.3) is 0 Å². The maximum atomic E-state index is 3.77. The van der Waals surface area contributed by atoms with Crippen LogP contribution < -0.4 is 5.32 Å². The van der Waals surface area contributed by atoms with Crippen molar-refractivity contribution in [2.45, 2.75) is 66.0 Å². The van der Waals surface area contributed by atoms with E-state index in [1.807, 2.05) is 0 Å². The summed E-state index contributed by atoms with van der Waals surface area (Å²) in [6.07, 6.45) is 3.60. The molecule has 0 bridgehead atoms. The molecular formula is C16H27N. The second-order valence-electron chi connectivity index (χ2n) is 5.05. The van der Waals surface area contributed by atoms with E-state index in [0.29, 0.717) is 5.54 Å². The fraction of sp³-hybridized carbons (Fsp3) is 0.625. The molecule has 1 aromatic carbocycles. The van der Waals surface area contributed by atoms with E-state index in [1.165, 1.54) is 36.0 Å². The largest absolute Gasteiger partial charge is 0.307 e. The molecule has 0 saturated carbocycles. The molecule has 0 spiro atoms. The van der Waals surface area contributed by atoms with Crippen molar-refractivity contribution in [3.05, 3.63) is 34.9 Å². The summed E-state index contributed by atoms with van der Waals surface area (Å²) in [5.74, 6) is 0. The fourth-order valence-corrected chi connectivity index (χ4v) is 2.41. The predicted octanol–water partition coefficient (Wildman–Crippen LogP) is 4.36. The summed E-state index contributed by atoms with van der Waals surface area (Å²) >= 11 is 0. The molecule has 17 heavy (non-hydrogen) atoms. The van der Waals surface area contributed by atoms with Gasteiger partial charge < -0.3 is 5.32 Å². The minimum Gasteiger partial charge on any atom is -0.307 e. The number of nitrogens with one attached hydrogen (secondary N) is 1. The zero-order valence-corrected chi connectivity index (χ0v) is 12.1. The first-order chi connectivity index (χ1) is 8.08. The summed E-state index contributed by atoms with van der Waals surface area (Å²) in [4.78, 5) is 0. The third kappa shape index (κ3) is 3.32. The molecule has 1 N–H and O–H groups in total. The Morgan fingerprint density at radius 3 is 2.12 bits per heavy atom. The summed E-state index contributed by atoms with van der Waals surface area (Å²) in [6, 6.07) is 6.58. The van der Waals surface area contributed by atoms with Crippen LogP contribution in [0.1, 0.15) is 56.7 Å². The van der Waals surface area contributed by atoms with Crippen molar-refractivity contribution in [3.63, 3.8) is 0 Å². The molecule has 0 heterocycles. The van der Waals surface area contributed by atoms with Crippen molar-refractivity contribution in [1.29, 1.82) is 0 Å². The molecular weight excluding hydrogens is 206 g/mol. The third-order valence-electron chi connectivity index (χ3n) is 4.40. The minimum absolute atomic E-state index is 0.316. The molecule has 0 aliphatic heterocycles. The molecule has 1 aromatic rings. The summed E-state index contributed by atoms with van der Waals surface area (Å²) < 4.78 is 0. The fourth-order valence-electron chi connectivity index (χ4n) is 2.41. The Hall–Kier alpha value is -0.820. The first-order valence-electron chi connectivity index (χ1n) is 6.88. The summed E-state index contributed by atoms with van der Waals surface area (Å²) in [7, 11) is 0. The van der Waals surface area contributed by atoms with Crippen LogP contribution in [0.4, 0.5) is 0 Å². The Labute approximate surface area is 107 Å². The molecule has 0 aliphatic rings. The van der Waals surface area contributed by atoms with Crippen LogP contribution in [0, 0.1) is 13.8 Å². The van der Waals surface area contributed by atoms with E-state index in [0.717, 1.165) is 6.54 Å². The molecule has 0 fully saturated rings. The maximum Gasteiger partial charge on any atom is 0.0213 e. The number of rotatable bonds is 6. The smallest absolute Gasteiger partial charge is 0.0213 e. The second kappa shape index (κ2) is 6.20. The molecule has 0 radical (unpaired) electrons. The van der Waals surface area contributed by atoms with Crippen molar-refractivity contribution in [2.24, 2.45) is 0 Å². The summed E-state index contributed by atoms with van der Waals surface area (Å²) in [5, 5.41) is 3.77. The van der Waals surface area contributed by atoms with Crippen LogP contribution in [0.15, 0.2) is 18.2 Å². The number of aryl methyl sites for hydroxylation is 1. The molecule has 0 amide bonds. The zero-order chi connectivity index (χ0) is 12.9. The molecule has 96 valence electrons. The molecule has 1 nitrogen and oxygen atoms in total. The van der Waals surface area contributed by atoms with Gasteiger partial charge in [0.1, 0.15) is 0 Å². The van der Waals surface area contributed by atoms with Gasteiger partial charge in [-0.3, -0.25) is 0 Å². The van der Waals surface area contributed by atoms with E-state index in [4.69, 9.17) is 0 Å². The van der Waals surface area contributed by atoms with Gasteiger partial charge in [0.05, 0.1) is 0 Å². The van der Waals surface area contributed by atoms with Gasteiger partial charge in [0, 0.05) is 12.1 Å². The Morgan fingerprint density at radius 1 is 1.00 bits per heavy atom. The van der Waals surface area contributed by atoms with Crippen LogP contribution >= 0.6 is 0 Å². The highest BCUT2D eigenvalue weighted by Gasteiger charge is 2.22. The van der Waals surface area contributed by atoms with Crippen LogP contribution in [-0.2, 0) is 6.54 Å². The number of hydrogen-bond acceptors (Lipinski definition) is 1. The van der Waals surface area contributed by atoms with Gasteiger partial charge in [0.2, 0.25) is 0 Å². The Balaban J connectivity index is 2.75. The topological polar surface area (TPSA) is 12.0 Å². The van der Waals surface area contributed by atoms with E-state index in [1.54, 1.807) is 0 Å². The monoisotopic (exact) mass is 233 g/mol. The highest BCUT2D eigenvalue weighted by Crippen LogP contribution is 2.21. The number of benzene rings is 1. The van der Waals surface area contributed by atoms with E-state index in [9.17, 15) is 0 Å². The van der Waals surface area contributed by atoms with Gasteiger partial charge in [-0.05, 0) is 49.8 Å². The molecule has 0 aliphatic carbocycles. The molecule has 0 unspecified atom stereocenters. The molecule has 1 heteroatoms. The van der Waals surface area contributed by atoms with Gasteiger partial charge in [-0.1, -0.05) is 39.0 Å². The van der Waals surface area contributed by atoms with Crippen LogP contribution in [0.2, 0.25) is 0 Å². The van der Waals surface area contributed by atoms with Gasteiger partial charge >= 0.3 is 0 Å². The van der Waals surface area contributed by atoms with E-state index in [2.05, 4.69) is 58.1 Å². The molecule has 0 atom stereocenters. The minimum atomic E-state index is 0.316. The lowest BCUT2D eigenvalue weighted by Crippen LogP contribution is -2.43. The quantitative estimate of drug-likeness (QED) is 0.769. The zero-order valence-electron chi connectivity index (χ0n) is 12.1. The second-order valence-corrected chi connectivity index (χ2v) is 5.05. The number of hydrogen-bond donors (Lipinski definition) is 1. The predicted molar refractivity (Wildman–Crippen MR) is 76.4 cm³/mol. The van der Waals surface area contributed by atoms with Crippen molar-refractivity contribution in [1.82, 2.24) is 5.32 Å². The van der Waals surface area contributed by atoms with Crippen molar-refractivity contribution < 1.29 is 0 Å². The van der Waals surface area contributed by atoms with Crippen molar-refractivity contribution in [2.75, 3.05) is 0 Å². The maximum absolute atomic E-state index is 3.77. The van der Waals surface area contributed by atoms with Crippen LogP contribution in [-0.4, -0.2) is 5.54 Å². The van der Waals surface area contributed by atoms with Crippen LogP contribution in [0.5, 0.6) is 0 Å². The normalized spacial score (nSPS) is 11.8. The van der Waals surface area contributed by atoms with E-state index < -0.39 is 0 Å². The van der Waals surface area contributed by atoms with E-state index in [-0.39, 0.29) is 0 Å². The standard InChI is InChI=1S/C16H27N/c1-6-16(7-2,8-3)17-12-15-11-9-10-13(4)14(15)5/h9-11,17H,6-8,12H2,1-5H3. The van der Waals surface area contributed by atoms with Crippen molar-refractivity contribution in [3.8, 4) is 0 Å². The Morgan fingerprint density at radius 2 is 1.59 bits per heavy atom. The molecule has 0 saturated heterocycles. The first kappa shape index (κ1) is 14.2. The summed E-state index contributed by atoms with van der Waals surface area (Å²) in [5.41, 5.74) is 4.57. The molecule has 1 rings (SSSR count). The average Bonchev–Trinajstić information content (AvgIpc) is 2.36. The average molecular weight is 233 g/mol. The SMILES string of the molecule is CCC(CC)(CC)NCc1cccc(C)c1C. The first-order valence-corrected chi connectivity index (χ1v) is 6.88. The Bertz CT molecular complexity index is 342. The van der Waals surface area contributed by atoms with Gasteiger partial charge in [-0.2, -0.15) is 0 Å². The summed E-state index contributed by atoms with van der Waals surface area (Å²) in [6.45, 7) is 12.2. The van der Waals surface area contributed by atoms with Gasteiger partial charge in [0.15, 0.2) is 0 Å². The van der Waals surface area contributed by atoms with Gasteiger partial charge in [-0.25, -0.2) is 0 Å². The van der Waals surface area contributed by atoms with Gasteiger partial charge in [0.25, 0.3) is 0 Å². The lowest BCUT2D eigenvalue weighted by molar-refractivity contribution is 0.288. The highest BCUT2D eigenvalue weighted by molar-refractivity contribution is 5.33. The highest BCUT2D eigenvalue weighted by atomic mass is 15.0. The lowest BCUT2D eigenvalue weighted by atomic mass is 9.89. The van der Waals surface area contributed by atoms with Crippen LogP contribution in [0.3, 0.4) is 0 Å². The lowest BCUT2D eigenvalue weighted by Gasteiger charge is -2.32. The molecule has 0 aromatic heterocycles. The Kier molecular flexibility index (Phi) is 5.20. The third-order valence-corrected chi connectivity index (χ3v) is 4.40. The van der Waals surface area contributed by atoms with E-state index >= 15 is 0 Å². The van der Waals surface area contributed by atoms with Gasteiger partial charge in [-0.15, -0.1) is 0 Å². The van der Waals surface area contributed by atoms with Crippen molar-refractivity contribution >= 4 is 0 Å².